The van der Waals surface area contributed by atoms with E-state index in [4.69, 9.17) is 4.74 Å². The third-order valence-corrected chi connectivity index (χ3v) is 8.06. The number of hydrogen-bond acceptors (Lipinski definition) is 2. The minimum atomic E-state index is -0.241. The van der Waals surface area contributed by atoms with E-state index in [9.17, 15) is 4.79 Å². The Labute approximate surface area is 239 Å². The molecule has 0 unspecified atom stereocenters. The highest BCUT2D eigenvalue weighted by Crippen LogP contribution is 2.40. The van der Waals surface area contributed by atoms with Crippen molar-refractivity contribution in [2.75, 3.05) is 7.11 Å². The first-order chi connectivity index (χ1) is 18.7. The van der Waals surface area contributed by atoms with Gasteiger partial charge in [-0.2, -0.15) is 0 Å². The second-order valence-corrected chi connectivity index (χ2v) is 12.0. The number of carbonyl (C=O) groups excluding carboxylic acids is 1. The highest BCUT2D eigenvalue weighted by Gasteiger charge is 2.25. The lowest BCUT2D eigenvalue weighted by molar-refractivity contribution is 0.0599. The van der Waals surface area contributed by atoms with E-state index >= 15 is 0 Å². The third-order valence-electron chi connectivity index (χ3n) is 7.56. The predicted octanol–water partition coefficient (Wildman–Crippen LogP) is 9.46. The van der Waals surface area contributed by atoms with E-state index in [2.05, 4.69) is 126 Å². The molecule has 1 fully saturated rings. The van der Waals surface area contributed by atoms with Crippen molar-refractivity contribution in [3.63, 3.8) is 0 Å². The van der Waals surface area contributed by atoms with Gasteiger partial charge in [0.2, 0.25) is 0 Å². The zero-order valence-electron chi connectivity index (χ0n) is 23.4. The van der Waals surface area contributed by atoms with Gasteiger partial charge in [-0.1, -0.05) is 34.1 Å². The highest BCUT2D eigenvalue weighted by molar-refractivity contribution is 9.10. The fourth-order valence-electron chi connectivity index (χ4n) is 5.30. The minimum absolute atomic E-state index is 0.241. The number of halogens is 1. The van der Waals surface area contributed by atoms with Crippen LogP contribution in [0.25, 0.3) is 21.8 Å². The molecule has 4 nitrogen and oxygen atoms in total. The van der Waals surface area contributed by atoms with Gasteiger partial charge in [-0.15, -0.1) is 0 Å². The molecule has 39 heavy (non-hydrogen) atoms. The van der Waals surface area contributed by atoms with Crippen LogP contribution in [0.2, 0.25) is 0 Å². The summed E-state index contributed by atoms with van der Waals surface area (Å²) < 4.78 is 10.7. The molecule has 0 atom stereocenters. The Morgan fingerprint density at radius 1 is 0.846 bits per heavy atom. The lowest BCUT2D eigenvalue weighted by Gasteiger charge is -2.12. The molecule has 0 N–H and O–H groups in total. The van der Waals surface area contributed by atoms with Crippen molar-refractivity contribution >= 4 is 43.7 Å². The molecule has 5 aromatic rings. The van der Waals surface area contributed by atoms with Gasteiger partial charge in [0.15, 0.2) is 0 Å². The molecule has 1 aliphatic rings. The van der Waals surface area contributed by atoms with Crippen molar-refractivity contribution in [3.05, 3.63) is 106 Å². The first-order valence-electron chi connectivity index (χ1n) is 13.8. The maximum absolute atomic E-state index is 12.3. The van der Waals surface area contributed by atoms with Gasteiger partial charge in [0.1, 0.15) is 0 Å². The number of esters is 1. The lowest BCUT2D eigenvalue weighted by Crippen LogP contribution is -2.07. The molecule has 0 aliphatic heterocycles. The maximum atomic E-state index is 12.3. The number of carbonyl (C=O) groups is 1. The number of hydrogen-bond donors (Lipinski definition) is 0. The molecule has 5 heteroatoms. The molecule has 2 heterocycles. The van der Waals surface area contributed by atoms with Crippen LogP contribution in [-0.4, -0.2) is 22.2 Å². The van der Waals surface area contributed by atoms with Gasteiger partial charge in [0.05, 0.1) is 12.7 Å². The van der Waals surface area contributed by atoms with Crippen LogP contribution in [0.15, 0.2) is 83.6 Å². The van der Waals surface area contributed by atoms with E-state index in [1.54, 1.807) is 0 Å². The van der Waals surface area contributed by atoms with Gasteiger partial charge in [-0.05, 0) is 123 Å². The molecule has 3 aromatic carbocycles. The second kappa shape index (κ2) is 11.4. The van der Waals surface area contributed by atoms with E-state index in [0.29, 0.717) is 23.6 Å². The maximum Gasteiger partial charge on any atom is 0.338 e. The lowest BCUT2D eigenvalue weighted by atomic mass is 9.96. The summed E-state index contributed by atoms with van der Waals surface area (Å²) in [4.78, 5) is 12.3. The number of rotatable bonds is 6. The van der Waals surface area contributed by atoms with Crippen LogP contribution < -0.4 is 0 Å². The SMILES string of the molecule is CC(C)n1ccc2cc(Br)ccc21.COC(=O)c1cc(C2CC2)ccc1Cc1ccc2c(ccn2C(C)C)c1. The zero-order chi connectivity index (χ0) is 27.7. The van der Waals surface area contributed by atoms with E-state index in [-0.39, 0.29) is 5.97 Å². The van der Waals surface area contributed by atoms with Gasteiger partial charge >= 0.3 is 5.97 Å². The van der Waals surface area contributed by atoms with E-state index in [1.807, 2.05) is 6.07 Å². The van der Waals surface area contributed by atoms with Crippen molar-refractivity contribution < 1.29 is 9.53 Å². The van der Waals surface area contributed by atoms with Gasteiger partial charge in [0.25, 0.3) is 0 Å². The molecule has 0 radical (unpaired) electrons. The van der Waals surface area contributed by atoms with Crippen LogP contribution in [0.3, 0.4) is 0 Å². The molecule has 1 aliphatic carbocycles. The Kier molecular flexibility index (Phi) is 7.99. The topological polar surface area (TPSA) is 36.2 Å². The van der Waals surface area contributed by atoms with Gasteiger partial charge < -0.3 is 13.9 Å². The van der Waals surface area contributed by atoms with E-state index in [0.717, 1.165) is 16.5 Å². The average molecular weight is 586 g/mol. The first-order valence-corrected chi connectivity index (χ1v) is 14.6. The van der Waals surface area contributed by atoms with Crippen LogP contribution in [-0.2, 0) is 11.2 Å². The second-order valence-electron chi connectivity index (χ2n) is 11.1. The number of ether oxygens (including phenoxy) is 1. The fourth-order valence-corrected chi connectivity index (χ4v) is 5.68. The number of nitrogens with zero attached hydrogens (tertiary/aromatic N) is 2. The van der Waals surface area contributed by atoms with Gasteiger partial charge in [-0.25, -0.2) is 4.79 Å². The van der Waals surface area contributed by atoms with Crippen molar-refractivity contribution in [1.29, 1.82) is 0 Å². The first kappa shape index (κ1) is 27.3. The smallest absolute Gasteiger partial charge is 0.338 e. The Morgan fingerprint density at radius 3 is 2.05 bits per heavy atom. The normalized spacial score (nSPS) is 13.2. The van der Waals surface area contributed by atoms with E-state index < -0.39 is 0 Å². The predicted molar refractivity (Wildman–Crippen MR) is 165 cm³/mol. The quantitative estimate of drug-likeness (QED) is 0.186. The molecule has 6 rings (SSSR count). The third kappa shape index (κ3) is 5.99. The summed E-state index contributed by atoms with van der Waals surface area (Å²) >= 11 is 3.47. The highest BCUT2D eigenvalue weighted by atomic mass is 79.9. The molecular weight excluding hydrogens is 548 g/mol. The summed E-state index contributed by atoms with van der Waals surface area (Å²) in [7, 11) is 1.45. The van der Waals surface area contributed by atoms with Crippen molar-refractivity contribution in [1.82, 2.24) is 9.13 Å². The summed E-state index contributed by atoms with van der Waals surface area (Å²) in [6, 6.07) is 24.6. The molecule has 0 spiro atoms. The molecule has 2 aromatic heterocycles. The summed E-state index contributed by atoms with van der Waals surface area (Å²) in [5, 5.41) is 2.54. The minimum Gasteiger partial charge on any atom is -0.465 e. The molecule has 0 bridgehead atoms. The Morgan fingerprint density at radius 2 is 1.46 bits per heavy atom. The standard InChI is InChI=1S/C23H25NO2.C11H12BrN/c1-15(2)24-11-10-20-13-16(4-9-22(20)24)12-19-8-7-18(17-5-6-17)14-21(19)23(25)26-3;1-8(2)13-6-5-9-7-10(12)3-4-11(9)13/h4,7-11,13-15,17H,5-6,12H2,1-3H3;3-8H,1-2H3. The number of benzene rings is 3. The van der Waals surface area contributed by atoms with Crippen molar-refractivity contribution in [2.24, 2.45) is 0 Å². The van der Waals surface area contributed by atoms with Crippen molar-refractivity contribution in [3.8, 4) is 0 Å². The van der Waals surface area contributed by atoms with Crippen LogP contribution in [0.4, 0.5) is 0 Å². The monoisotopic (exact) mass is 584 g/mol. The average Bonchev–Trinajstić information content (AvgIpc) is 3.54. The van der Waals surface area contributed by atoms with Crippen LogP contribution in [0.5, 0.6) is 0 Å². The number of methoxy groups -OCH3 is 1. The molecule has 0 amide bonds. The Bertz CT molecular complexity index is 1620. The molecular formula is C34H37BrN2O2. The summed E-state index contributed by atoms with van der Waals surface area (Å²) in [6.07, 6.45) is 7.47. The molecule has 202 valence electrons. The summed E-state index contributed by atoms with van der Waals surface area (Å²) in [5.74, 6) is 0.383. The Balaban J connectivity index is 0.000000198. The van der Waals surface area contributed by atoms with Gasteiger partial charge in [-0.3, -0.25) is 0 Å². The van der Waals surface area contributed by atoms with Crippen molar-refractivity contribution in [2.45, 2.75) is 65.0 Å². The van der Waals surface area contributed by atoms with Crippen LogP contribution in [0, 0.1) is 0 Å². The Hall–Kier alpha value is -3.31. The van der Waals surface area contributed by atoms with Crippen LogP contribution in [0.1, 0.15) is 85.6 Å². The largest absolute Gasteiger partial charge is 0.465 e. The van der Waals surface area contributed by atoms with Crippen LogP contribution >= 0.6 is 15.9 Å². The fraction of sp³-hybridized carbons (Fsp3) is 0.324. The molecule has 0 saturated heterocycles. The van der Waals surface area contributed by atoms with Gasteiger partial charge in [0, 0.05) is 45.4 Å². The number of aromatic nitrogens is 2. The number of fused-ring (bicyclic) bond motifs is 2. The van der Waals surface area contributed by atoms with E-state index in [1.165, 1.54) is 52.9 Å². The summed E-state index contributed by atoms with van der Waals surface area (Å²) in [6.45, 7) is 8.78. The molecule has 1 saturated carbocycles. The zero-order valence-corrected chi connectivity index (χ0v) is 25.0. The summed E-state index contributed by atoms with van der Waals surface area (Å²) in [5.41, 5.74) is 6.77.